The SMILES string of the molecule is COc1ccc(Nc2ccc3c(O)c(N=Nc4cc(OC)c(N=Nc5ccc(N=Nc6cc(S(=O)(=O)O)c7cccc(S(=O)(=O)O)c7c6)c6ccc(S(=O)(=O)O)cc56)cc4OC)c(S(=O)(=O)O)cc3c2)cc1. The van der Waals surface area contributed by atoms with Crippen molar-refractivity contribution in [2.45, 2.75) is 19.6 Å². The summed E-state index contributed by atoms with van der Waals surface area (Å²) in [7, 11) is -15.6. The number of aromatic hydroxyl groups is 1. The summed E-state index contributed by atoms with van der Waals surface area (Å²) in [6.07, 6.45) is 0. The number of hydrogen-bond acceptors (Lipinski definition) is 19. The van der Waals surface area contributed by atoms with Gasteiger partial charge in [0.2, 0.25) is 0 Å². The normalized spacial score (nSPS) is 12.7. The van der Waals surface area contributed by atoms with E-state index in [9.17, 15) is 57.0 Å². The molecule has 0 aliphatic heterocycles. The molecule has 8 aromatic carbocycles. The highest BCUT2D eigenvalue weighted by Crippen LogP contribution is 2.46. The Morgan fingerprint density at radius 3 is 1.60 bits per heavy atom. The number of benzene rings is 8. The summed E-state index contributed by atoms with van der Waals surface area (Å²) >= 11 is 0. The van der Waals surface area contributed by atoms with Crippen LogP contribution in [0.25, 0.3) is 32.3 Å². The molecule has 0 fully saturated rings. The van der Waals surface area contributed by atoms with Crippen LogP contribution in [0.5, 0.6) is 23.0 Å². The maximum Gasteiger partial charge on any atom is 0.296 e. The van der Waals surface area contributed by atoms with Crippen LogP contribution < -0.4 is 19.5 Å². The Morgan fingerprint density at radius 1 is 0.431 bits per heavy atom. The summed E-state index contributed by atoms with van der Waals surface area (Å²) in [5, 5.41) is 39.4. The molecule has 8 aromatic rings. The van der Waals surface area contributed by atoms with E-state index in [1.54, 1.807) is 36.4 Å². The highest BCUT2D eigenvalue weighted by Gasteiger charge is 2.24. The molecule has 0 spiro atoms. The van der Waals surface area contributed by atoms with Crippen LogP contribution in [0.4, 0.5) is 45.5 Å². The van der Waals surface area contributed by atoms with Crippen LogP contribution in [-0.2, 0) is 40.5 Å². The number of hydrogen-bond donors (Lipinski definition) is 6. The van der Waals surface area contributed by atoms with Gasteiger partial charge in [-0.3, -0.25) is 18.2 Å². The van der Waals surface area contributed by atoms with Gasteiger partial charge in [-0.05, 0) is 96.4 Å². The Kier molecular flexibility index (Phi) is 13.5. The van der Waals surface area contributed by atoms with E-state index < -0.39 is 71.5 Å². The zero-order valence-electron chi connectivity index (χ0n) is 37.1. The van der Waals surface area contributed by atoms with Crippen LogP contribution in [0.3, 0.4) is 0 Å². The van der Waals surface area contributed by atoms with Crippen molar-refractivity contribution in [3.8, 4) is 23.0 Å². The lowest BCUT2D eigenvalue weighted by atomic mass is 10.1. The lowest BCUT2D eigenvalue weighted by Gasteiger charge is -2.12. The van der Waals surface area contributed by atoms with E-state index in [1.807, 2.05) is 0 Å². The van der Waals surface area contributed by atoms with Crippen LogP contribution in [0.1, 0.15) is 0 Å². The molecule has 27 heteroatoms. The van der Waals surface area contributed by atoms with Gasteiger partial charge in [-0.2, -0.15) is 38.8 Å². The minimum absolute atomic E-state index is 0.00223. The van der Waals surface area contributed by atoms with Crippen LogP contribution in [0.2, 0.25) is 0 Å². The van der Waals surface area contributed by atoms with E-state index in [1.165, 1.54) is 63.8 Å². The van der Waals surface area contributed by atoms with Gasteiger partial charge in [0, 0.05) is 50.4 Å². The number of ether oxygens (including phenoxy) is 3. The maximum absolute atomic E-state index is 12.7. The van der Waals surface area contributed by atoms with Crippen LogP contribution in [0.15, 0.2) is 172 Å². The number of azo groups is 3. The van der Waals surface area contributed by atoms with Crippen molar-refractivity contribution < 1.29 is 71.2 Å². The molecule has 0 radical (unpaired) electrons. The highest BCUT2D eigenvalue weighted by molar-refractivity contribution is 7.87. The minimum Gasteiger partial charge on any atom is -0.505 e. The highest BCUT2D eigenvalue weighted by atomic mass is 32.2. The molecule has 0 aliphatic carbocycles. The smallest absolute Gasteiger partial charge is 0.296 e. The van der Waals surface area contributed by atoms with E-state index in [-0.39, 0.29) is 72.3 Å². The number of rotatable bonds is 15. The third-order valence-corrected chi connectivity index (χ3v) is 14.2. The Balaban J connectivity index is 1.15. The lowest BCUT2D eigenvalue weighted by Crippen LogP contribution is -2.03. The quantitative estimate of drug-likeness (QED) is 0.0410. The summed E-state index contributed by atoms with van der Waals surface area (Å²) in [5.74, 6) is -0.0225. The number of nitrogens with zero attached hydrogens (tertiary/aromatic N) is 6. The molecule has 0 aromatic heterocycles. The van der Waals surface area contributed by atoms with Gasteiger partial charge in [0.15, 0.2) is 5.75 Å². The molecule has 0 saturated carbocycles. The van der Waals surface area contributed by atoms with E-state index in [0.29, 0.717) is 17.1 Å². The Labute approximate surface area is 408 Å². The standard InChI is InChI=1S/C45H35N7O16S4/c1-66-28-10-7-25(8-11-28)46-26-9-13-30-24(17-26)18-43(72(63,64)65)44(45(30)53)52-51-38-23-39(67-2)37(22-40(38)68-3)50-49-36-16-15-35(31-14-12-29(21-33(31)36)69(54,55)56)48-47-27-19-34-32(42(20-27)71(60,61)62)5-4-6-41(34)70(57,58)59/h4-23,46,53H,1-3H3,(H,54,55,56)(H,57,58,59)(H,60,61,62)(H,63,64,65). The largest absolute Gasteiger partial charge is 0.505 e. The first-order valence-corrected chi connectivity index (χ1v) is 26.0. The molecule has 0 heterocycles. The molecule has 6 N–H and O–H groups in total. The molecular weight excluding hydrogens is 1020 g/mol. The monoisotopic (exact) mass is 1060 g/mol. The fraction of sp³-hybridized carbons (Fsp3) is 0.0667. The molecule has 23 nitrogen and oxygen atoms in total. The second-order valence-corrected chi connectivity index (χ2v) is 20.8. The fourth-order valence-electron chi connectivity index (χ4n) is 7.35. The molecule has 0 amide bonds. The van der Waals surface area contributed by atoms with Crippen LogP contribution >= 0.6 is 0 Å². The molecule has 0 aliphatic rings. The molecule has 0 saturated heterocycles. The van der Waals surface area contributed by atoms with Crippen molar-refractivity contribution in [2.24, 2.45) is 30.7 Å². The average molecular weight is 1060 g/mol. The molecule has 0 bridgehead atoms. The van der Waals surface area contributed by atoms with E-state index in [2.05, 4.69) is 36.0 Å². The van der Waals surface area contributed by atoms with Crippen molar-refractivity contribution in [2.75, 3.05) is 26.6 Å². The maximum atomic E-state index is 12.7. The van der Waals surface area contributed by atoms with Crippen molar-refractivity contribution in [3.05, 3.63) is 121 Å². The zero-order valence-corrected chi connectivity index (χ0v) is 40.4. The van der Waals surface area contributed by atoms with Crippen molar-refractivity contribution >= 4 is 118 Å². The summed E-state index contributed by atoms with van der Waals surface area (Å²) < 4.78 is 155. The number of methoxy groups -OCH3 is 3. The third-order valence-electron chi connectivity index (χ3n) is 10.7. The van der Waals surface area contributed by atoms with Gasteiger partial charge in [0.1, 0.15) is 49.0 Å². The Hall–Kier alpha value is -8.02. The molecule has 0 unspecified atom stereocenters. The molecule has 370 valence electrons. The summed E-state index contributed by atoms with van der Waals surface area (Å²) in [6, 6.07) is 26.9. The van der Waals surface area contributed by atoms with E-state index in [0.717, 1.165) is 42.5 Å². The van der Waals surface area contributed by atoms with E-state index in [4.69, 9.17) is 14.2 Å². The molecule has 0 atom stereocenters. The number of nitrogens with one attached hydrogen (secondary N) is 1. The van der Waals surface area contributed by atoms with Gasteiger partial charge in [-0.15, -0.1) is 25.6 Å². The van der Waals surface area contributed by atoms with Crippen molar-refractivity contribution in [1.82, 2.24) is 0 Å². The topological polar surface area (TPSA) is 352 Å². The van der Waals surface area contributed by atoms with Crippen LogP contribution in [0, 0.1) is 0 Å². The predicted molar refractivity (Wildman–Crippen MR) is 261 cm³/mol. The Bertz CT molecular complexity index is 4100. The molecule has 8 rings (SSSR count). The fourth-order valence-corrected chi connectivity index (χ4v) is 9.93. The van der Waals surface area contributed by atoms with Gasteiger partial charge in [-0.25, -0.2) is 0 Å². The van der Waals surface area contributed by atoms with Crippen LogP contribution in [-0.4, -0.2) is 78.3 Å². The van der Waals surface area contributed by atoms with E-state index >= 15 is 0 Å². The second kappa shape index (κ2) is 19.3. The second-order valence-electron chi connectivity index (χ2n) is 15.2. The molecule has 72 heavy (non-hydrogen) atoms. The number of phenolic OH excluding ortho intramolecular Hbond substituents is 1. The number of fused-ring (bicyclic) bond motifs is 3. The summed E-state index contributed by atoms with van der Waals surface area (Å²) in [4.78, 5) is -2.75. The van der Waals surface area contributed by atoms with Gasteiger partial charge in [-0.1, -0.05) is 18.2 Å². The van der Waals surface area contributed by atoms with Crippen molar-refractivity contribution in [3.63, 3.8) is 0 Å². The van der Waals surface area contributed by atoms with Gasteiger partial charge in [0.05, 0.1) is 43.3 Å². The first kappa shape index (κ1) is 50.4. The van der Waals surface area contributed by atoms with Gasteiger partial charge < -0.3 is 24.6 Å². The predicted octanol–water partition coefficient (Wildman–Crippen LogP) is 10.9. The first-order valence-electron chi connectivity index (χ1n) is 20.2. The zero-order chi connectivity index (χ0) is 51.9. The number of phenols is 1. The minimum atomic E-state index is -5.01. The lowest BCUT2D eigenvalue weighted by molar-refractivity contribution is 0.405. The average Bonchev–Trinajstić information content (AvgIpc) is 3.33. The summed E-state index contributed by atoms with van der Waals surface area (Å²) in [6.45, 7) is 0. The Morgan fingerprint density at radius 2 is 1.00 bits per heavy atom. The first-order chi connectivity index (χ1) is 34.0. The summed E-state index contributed by atoms with van der Waals surface area (Å²) in [5.41, 5.74) is 0.239. The van der Waals surface area contributed by atoms with Gasteiger partial charge >= 0.3 is 0 Å². The van der Waals surface area contributed by atoms with Gasteiger partial charge in [0.25, 0.3) is 40.5 Å². The van der Waals surface area contributed by atoms with Crippen molar-refractivity contribution in [1.29, 1.82) is 0 Å². The third kappa shape index (κ3) is 10.5. The number of anilines is 2. The molecular formula is C45H35N7O16S4.